The molecule has 4 heteroatoms. The Morgan fingerprint density at radius 1 is 0.880 bits per heavy atom. The molecule has 1 atom stereocenters. The van der Waals surface area contributed by atoms with E-state index in [2.05, 4.69) is 0 Å². The lowest BCUT2D eigenvalue weighted by molar-refractivity contribution is -0.166. The number of methoxy groups -OCH3 is 1. The summed E-state index contributed by atoms with van der Waals surface area (Å²) in [6.07, 6.45) is -0.976. The maximum atomic E-state index is 12.4. The van der Waals surface area contributed by atoms with Gasteiger partial charge in [-0.15, -0.1) is 0 Å². The van der Waals surface area contributed by atoms with Crippen LogP contribution in [0.5, 0.6) is 0 Å². The van der Waals surface area contributed by atoms with Gasteiger partial charge in [0.15, 0.2) is 0 Å². The Morgan fingerprint density at radius 2 is 1.56 bits per heavy atom. The number of hydrogen-bond donors (Lipinski definition) is 0. The van der Waals surface area contributed by atoms with Gasteiger partial charge in [-0.1, -0.05) is 72.8 Å². The summed E-state index contributed by atoms with van der Waals surface area (Å²) in [6, 6.07) is 22.5. The number of benzene rings is 3. The molecule has 0 saturated heterocycles. The van der Waals surface area contributed by atoms with Crippen molar-refractivity contribution < 1.29 is 19.1 Å². The molecule has 0 spiro atoms. The van der Waals surface area contributed by atoms with Gasteiger partial charge in [-0.3, -0.25) is 4.79 Å². The normalized spacial score (nSPS) is 11.7. The fourth-order valence-corrected chi connectivity index (χ4v) is 2.76. The average molecular weight is 334 g/mol. The summed E-state index contributed by atoms with van der Waals surface area (Å²) >= 11 is 0. The highest BCUT2D eigenvalue weighted by atomic mass is 16.6. The molecule has 0 heterocycles. The van der Waals surface area contributed by atoms with E-state index in [0.717, 1.165) is 16.3 Å². The van der Waals surface area contributed by atoms with Gasteiger partial charge in [0.2, 0.25) is 6.10 Å². The topological polar surface area (TPSA) is 52.6 Å². The molecule has 0 radical (unpaired) electrons. The number of hydrogen-bond acceptors (Lipinski definition) is 4. The van der Waals surface area contributed by atoms with Crippen molar-refractivity contribution in [1.82, 2.24) is 0 Å². The maximum absolute atomic E-state index is 12.4. The first-order valence-corrected chi connectivity index (χ1v) is 7.98. The van der Waals surface area contributed by atoms with Crippen molar-refractivity contribution in [2.24, 2.45) is 0 Å². The van der Waals surface area contributed by atoms with E-state index in [9.17, 15) is 9.59 Å². The molecule has 0 aliphatic rings. The molecule has 0 aliphatic carbocycles. The average Bonchev–Trinajstić information content (AvgIpc) is 2.66. The highest BCUT2D eigenvalue weighted by molar-refractivity contribution is 5.89. The Kier molecular flexibility index (Phi) is 5.09. The number of rotatable bonds is 5. The zero-order chi connectivity index (χ0) is 17.6. The summed E-state index contributed by atoms with van der Waals surface area (Å²) in [5.74, 6) is -1.08. The molecule has 4 nitrogen and oxygen atoms in total. The molecule has 25 heavy (non-hydrogen) atoms. The van der Waals surface area contributed by atoms with E-state index in [0.29, 0.717) is 5.56 Å². The Hall–Kier alpha value is -3.14. The highest BCUT2D eigenvalue weighted by Crippen LogP contribution is 2.22. The minimum absolute atomic E-state index is 0.0850. The lowest BCUT2D eigenvalue weighted by atomic mass is 10.0. The number of esters is 2. The minimum Gasteiger partial charge on any atom is -0.466 e. The first-order valence-electron chi connectivity index (χ1n) is 7.98. The third-order valence-electron chi connectivity index (χ3n) is 3.98. The van der Waals surface area contributed by atoms with E-state index in [4.69, 9.17) is 9.47 Å². The van der Waals surface area contributed by atoms with E-state index in [-0.39, 0.29) is 6.42 Å². The van der Waals surface area contributed by atoms with E-state index >= 15 is 0 Å². The van der Waals surface area contributed by atoms with E-state index in [1.54, 1.807) is 24.3 Å². The number of fused-ring (bicyclic) bond motifs is 1. The van der Waals surface area contributed by atoms with Crippen LogP contribution in [-0.2, 0) is 25.5 Å². The van der Waals surface area contributed by atoms with Gasteiger partial charge in [-0.05, 0) is 16.3 Å². The molecule has 3 aromatic rings. The number of carbonyl (C=O) groups is 2. The van der Waals surface area contributed by atoms with Gasteiger partial charge in [0, 0.05) is 5.56 Å². The zero-order valence-electron chi connectivity index (χ0n) is 13.8. The van der Waals surface area contributed by atoms with Crippen LogP contribution < -0.4 is 0 Å². The molecule has 126 valence electrons. The van der Waals surface area contributed by atoms with Crippen LogP contribution in [0.15, 0.2) is 72.8 Å². The standard InChI is InChI=1S/C21H18O4/c1-24-21(23)20(16-9-3-2-4-10-16)25-19(22)14-17-12-7-11-15-8-5-6-13-18(15)17/h2-13,20H,14H2,1H3. The van der Waals surface area contributed by atoms with Gasteiger partial charge in [-0.2, -0.15) is 0 Å². The van der Waals surface area contributed by atoms with Crippen molar-refractivity contribution in [3.63, 3.8) is 0 Å². The van der Waals surface area contributed by atoms with E-state index in [1.165, 1.54) is 7.11 Å². The third kappa shape index (κ3) is 3.86. The molecule has 0 aromatic heterocycles. The molecule has 3 rings (SSSR count). The number of carbonyl (C=O) groups excluding carboxylic acids is 2. The summed E-state index contributed by atoms with van der Waals surface area (Å²) in [5, 5.41) is 2.05. The van der Waals surface area contributed by atoms with Gasteiger partial charge in [0.25, 0.3) is 0 Å². The number of ether oxygens (including phenoxy) is 2. The second kappa shape index (κ2) is 7.62. The lowest BCUT2D eigenvalue weighted by Crippen LogP contribution is -2.22. The summed E-state index contributed by atoms with van der Waals surface area (Å²) < 4.78 is 10.2. The van der Waals surface area contributed by atoms with E-state index < -0.39 is 18.0 Å². The minimum atomic E-state index is -1.06. The summed E-state index contributed by atoms with van der Waals surface area (Å²) in [5.41, 5.74) is 1.44. The molecule has 0 saturated carbocycles. The predicted molar refractivity (Wildman–Crippen MR) is 94.9 cm³/mol. The lowest BCUT2D eigenvalue weighted by Gasteiger charge is -2.16. The monoisotopic (exact) mass is 334 g/mol. The van der Waals surface area contributed by atoms with Crippen molar-refractivity contribution in [3.8, 4) is 0 Å². The SMILES string of the molecule is COC(=O)C(OC(=O)Cc1cccc2ccccc12)c1ccccc1. The van der Waals surface area contributed by atoms with Crippen LogP contribution in [0.25, 0.3) is 10.8 Å². The smallest absolute Gasteiger partial charge is 0.351 e. The summed E-state index contributed by atoms with van der Waals surface area (Å²) in [7, 11) is 1.27. The van der Waals surface area contributed by atoms with E-state index in [1.807, 2.05) is 48.5 Å². The predicted octanol–water partition coefficient (Wildman–Crippen LogP) is 3.84. The molecule has 0 bridgehead atoms. The van der Waals surface area contributed by atoms with Gasteiger partial charge >= 0.3 is 11.9 Å². The zero-order valence-corrected chi connectivity index (χ0v) is 13.8. The van der Waals surface area contributed by atoms with Crippen molar-refractivity contribution in [2.75, 3.05) is 7.11 Å². The van der Waals surface area contributed by atoms with Crippen LogP contribution in [0.3, 0.4) is 0 Å². The molecule has 0 N–H and O–H groups in total. The Bertz CT molecular complexity index is 881. The summed E-state index contributed by atoms with van der Waals surface area (Å²) in [6.45, 7) is 0. The molecule has 3 aromatic carbocycles. The van der Waals surface area contributed by atoms with Gasteiger partial charge in [0.05, 0.1) is 13.5 Å². The van der Waals surface area contributed by atoms with Crippen molar-refractivity contribution in [2.45, 2.75) is 12.5 Å². The van der Waals surface area contributed by atoms with Crippen molar-refractivity contribution in [3.05, 3.63) is 83.9 Å². The third-order valence-corrected chi connectivity index (χ3v) is 3.98. The first-order chi connectivity index (χ1) is 12.2. The van der Waals surface area contributed by atoms with Crippen molar-refractivity contribution in [1.29, 1.82) is 0 Å². The van der Waals surface area contributed by atoms with Gasteiger partial charge in [0.1, 0.15) is 0 Å². The molecular formula is C21H18O4. The maximum Gasteiger partial charge on any atom is 0.351 e. The molecule has 0 fully saturated rings. The summed E-state index contributed by atoms with van der Waals surface area (Å²) in [4.78, 5) is 24.4. The fraction of sp³-hybridized carbons (Fsp3) is 0.143. The highest BCUT2D eigenvalue weighted by Gasteiger charge is 2.25. The van der Waals surface area contributed by atoms with Crippen LogP contribution >= 0.6 is 0 Å². The molecule has 1 unspecified atom stereocenters. The van der Waals surface area contributed by atoms with Crippen LogP contribution in [0.4, 0.5) is 0 Å². The van der Waals surface area contributed by atoms with Crippen LogP contribution in [-0.4, -0.2) is 19.0 Å². The van der Waals surface area contributed by atoms with Gasteiger partial charge in [-0.25, -0.2) is 4.79 Å². The first kappa shape index (κ1) is 16.7. The van der Waals surface area contributed by atoms with Crippen LogP contribution in [0, 0.1) is 0 Å². The van der Waals surface area contributed by atoms with Crippen LogP contribution in [0.1, 0.15) is 17.2 Å². The molecule has 0 amide bonds. The second-order valence-corrected chi connectivity index (χ2v) is 5.62. The van der Waals surface area contributed by atoms with Gasteiger partial charge < -0.3 is 9.47 Å². The quantitative estimate of drug-likeness (QED) is 0.665. The van der Waals surface area contributed by atoms with Crippen LogP contribution in [0.2, 0.25) is 0 Å². The van der Waals surface area contributed by atoms with Crippen molar-refractivity contribution >= 4 is 22.7 Å². The fourth-order valence-electron chi connectivity index (χ4n) is 2.76. The Labute approximate surface area is 146 Å². The molecular weight excluding hydrogens is 316 g/mol. The Balaban J connectivity index is 1.81. The Morgan fingerprint density at radius 3 is 2.32 bits per heavy atom. The molecule has 0 aliphatic heterocycles. The second-order valence-electron chi connectivity index (χ2n) is 5.62. The largest absolute Gasteiger partial charge is 0.466 e.